The standard InChI is InChI=1S/C16H17NO3S2/c1-13-7-9-15(10-8-13)22(18,19)12-17-16(21)11-20-14-5-3-2-4-6-14/h2-10H,11-12H2,1H3,(H,17,21). The minimum Gasteiger partial charge on any atom is -0.486 e. The Morgan fingerprint density at radius 1 is 1.09 bits per heavy atom. The average Bonchev–Trinajstić information content (AvgIpc) is 2.52. The summed E-state index contributed by atoms with van der Waals surface area (Å²) in [4.78, 5) is 0.622. The van der Waals surface area contributed by atoms with Crippen molar-refractivity contribution in [1.82, 2.24) is 5.32 Å². The maximum Gasteiger partial charge on any atom is 0.196 e. The molecule has 0 aromatic heterocycles. The van der Waals surface area contributed by atoms with Gasteiger partial charge in [-0.2, -0.15) is 0 Å². The zero-order valence-corrected chi connectivity index (χ0v) is 13.8. The molecule has 0 radical (unpaired) electrons. The summed E-state index contributed by atoms with van der Waals surface area (Å²) in [7, 11) is -3.41. The van der Waals surface area contributed by atoms with E-state index in [-0.39, 0.29) is 17.4 Å². The lowest BCUT2D eigenvalue weighted by Crippen LogP contribution is -2.32. The molecule has 0 fully saturated rings. The molecule has 4 nitrogen and oxygen atoms in total. The number of ether oxygens (including phenoxy) is 1. The SMILES string of the molecule is Cc1ccc(S(=O)(=O)CNC(=S)COc2ccccc2)cc1. The summed E-state index contributed by atoms with van der Waals surface area (Å²) >= 11 is 5.09. The molecule has 0 bridgehead atoms. The van der Waals surface area contributed by atoms with Crippen LogP contribution in [0.4, 0.5) is 0 Å². The van der Waals surface area contributed by atoms with E-state index in [2.05, 4.69) is 5.32 Å². The van der Waals surface area contributed by atoms with Crippen molar-refractivity contribution >= 4 is 27.0 Å². The lowest BCUT2D eigenvalue weighted by Gasteiger charge is -2.10. The number of benzene rings is 2. The van der Waals surface area contributed by atoms with Crippen molar-refractivity contribution in [2.75, 3.05) is 12.5 Å². The molecule has 0 heterocycles. The van der Waals surface area contributed by atoms with Crippen molar-refractivity contribution in [3.8, 4) is 5.75 Å². The highest BCUT2D eigenvalue weighted by atomic mass is 32.2. The lowest BCUT2D eigenvalue weighted by atomic mass is 10.2. The lowest BCUT2D eigenvalue weighted by molar-refractivity contribution is 0.375. The Balaban J connectivity index is 1.86. The first-order valence-corrected chi connectivity index (χ1v) is 8.77. The molecule has 0 amide bonds. The Morgan fingerprint density at radius 3 is 2.36 bits per heavy atom. The third-order valence-electron chi connectivity index (χ3n) is 2.95. The molecule has 1 N–H and O–H groups in total. The van der Waals surface area contributed by atoms with E-state index in [9.17, 15) is 8.42 Å². The smallest absolute Gasteiger partial charge is 0.196 e. The van der Waals surface area contributed by atoms with Gasteiger partial charge >= 0.3 is 0 Å². The van der Waals surface area contributed by atoms with Gasteiger partial charge in [0.2, 0.25) is 0 Å². The minimum absolute atomic E-state index is 0.142. The maximum absolute atomic E-state index is 12.2. The van der Waals surface area contributed by atoms with Crippen LogP contribution in [0.5, 0.6) is 5.75 Å². The fourth-order valence-electron chi connectivity index (χ4n) is 1.72. The molecule has 2 rings (SSSR count). The van der Waals surface area contributed by atoms with Crippen LogP contribution in [0.15, 0.2) is 59.5 Å². The van der Waals surface area contributed by atoms with Crippen LogP contribution in [0.2, 0.25) is 0 Å². The average molecular weight is 335 g/mol. The van der Waals surface area contributed by atoms with Crippen LogP contribution in [-0.4, -0.2) is 25.9 Å². The highest BCUT2D eigenvalue weighted by Gasteiger charge is 2.14. The Bertz CT molecular complexity index is 726. The van der Waals surface area contributed by atoms with Gasteiger partial charge in [0.05, 0.1) is 4.90 Å². The van der Waals surface area contributed by atoms with E-state index in [1.165, 1.54) is 0 Å². The van der Waals surface area contributed by atoms with Crippen molar-refractivity contribution in [3.05, 3.63) is 60.2 Å². The second-order valence-corrected chi connectivity index (χ2v) is 7.26. The van der Waals surface area contributed by atoms with Gasteiger partial charge in [0.25, 0.3) is 0 Å². The van der Waals surface area contributed by atoms with Gasteiger partial charge in [-0.25, -0.2) is 8.42 Å². The zero-order valence-electron chi connectivity index (χ0n) is 12.2. The van der Waals surface area contributed by atoms with E-state index in [1.54, 1.807) is 24.3 Å². The quantitative estimate of drug-likeness (QED) is 0.823. The Kier molecular flexibility index (Phi) is 5.51. The van der Waals surface area contributed by atoms with Crippen LogP contribution in [0.25, 0.3) is 0 Å². The fraction of sp³-hybridized carbons (Fsp3) is 0.188. The maximum atomic E-state index is 12.2. The van der Waals surface area contributed by atoms with Gasteiger partial charge < -0.3 is 10.1 Å². The summed E-state index contributed by atoms with van der Waals surface area (Å²) in [5, 5.41) is 2.72. The largest absolute Gasteiger partial charge is 0.486 e. The van der Waals surface area contributed by atoms with Gasteiger partial charge in [-0.15, -0.1) is 0 Å². The molecule has 0 aliphatic rings. The van der Waals surface area contributed by atoms with Gasteiger partial charge in [0.15, 0.2) is 9.84 Å². The molecule has 0 atom stereocenters. The monoisotopic (exact) mass is 335 g/mol. The summed E-state index contributed by atoms with van der Waals surface area (Å²) in [5.41, 5.74) is 1.01. The number of nitrogens with one attached hydrogen (secondary N) is 1. The highest BCUT2D eigenvalue weighted by molar-refractivity contribution is 7.91. The predicted octanol–water partition coefficient (Wildman–Crippen LogP) is 2.72. The van der Waals surface area contributed by atoms with Crippen LogP contribution in [-0.2, 0) is 9.84 Å². The zero-order chi connectivity index (χ0) is 16.0. The first-order chi connectivity index (χ1) is 10.5. The molecule has 2 aromatic rings. The van der Waals surface area contributed by atoms with Crippen LogP contribution in [0.3, 0.4) is 0 Å². The number of rotatable bonds is 6. The Hall–Kier alpha value is -1.92. The summed E-state index contributed by atoms with van der Waals surface area (Å²) in [5.74, 6) is 0.445. The number of hydrogen-bond acceptors (Lipinski definition) is 4. The Labute approximate surface area is 136 Å². The van der Waals surface area contributed by atoms with Crippen LogP contribution < -0.4 is 10.1 Å². The minimum atomic E-state index is -3.41. The third-order valence-corrected chi connectivity index (χ3v) is 4.73. The molecule has 22 heavy (non-hydrogen) atoms. The second-order valence-electron chi connectivity index (χ2n) is 4.77. The van der Waals surface area contributed by atoms with Crippen molar-refractivity contribution in [1.29, 1.82) is 0 Å². The van der Waals surface area contributed by atoms with Crippen molar-refractivity contribution < 1.29 is 13.2 Å². The number of aryl methyl sites for hydroxylation is 1. The van der Waals surface area contributed by atoms with Crippen LogP contribution in [0.1, 0.15) is 5.56 Å². The van der Waals surface area contributed by atoms with Gasteiger partial charge in [0.1, 0.15) is 23.2 Å². The first-order valence-electron chi connectivity index (χ1n) is 6.71. The molecule has 116 valence electrons. The van der Waals surface area contributed by atoms with Crippen molar-refractivity contribution in [2.45, 2.75) is 11.8 Å². The van der Waals surface area contributed by atoms with Crippen LogP contribution in [0, 0.1) is 6.92 Å². The topological polar surface area (TPSA) is 55.4 Å². The summed E-state index contributed by atoms with van der Waals surface area (Å²) < 4.78 is 29.8. The summed E-state index contributed by atoms with van der Waals surface area (Å²) in [6.07, 6.45) is 0. The van der Waals surface area contributed by atoms with E-state index in [1.807, 2.05) is 37.3 Å². The second kappa shape index (κ2) is 7.38. The van der Waals surface area contributed by atoms with E-state index in [4.69, 9.17) is 17.0 Å². The first kappa shape index (κ1) is 16.5. The molecule has 0 saturated heterocycles. The molecular weight excluding hydrogens is 318 g/mol. The number of sulfone groups is 1. The van der Waals surface area contributed by atoms with Gasteiger partial charge in [0, 0.05) is 0 Å². The van der Waals surface area contributed by atoms with E-state index in [0.717, 1.165) is 5.56 Å². The van der Waals surface area contributed by atoms with Crippen molar-refractivity contribution in [3.63, 3.8) is 0 Å². The van der Waals surface area contributed by atoms with E-state index in [0.29, 0.717) is 10.7 Å². The highest BCUT2D eigenvalue weighted by Crippen LogP contribution is 2.11. The number of para-hydroxylation sites is 1. The van der Waals surface area contributed by atoms with E-state index >= 15 is 0 Å². The Morgan fingerprint density at radius 2 is 1.73 bits per heavy atom. The molecule has 0 aliphatic carbocycles. The number of hydrogen-bond donors (Lipinski definition) is 1. The molecule has 0 spiro atoms. The predicted molar refractivity (Wildman–Crippen MR) is 90.9 cm³/mol. The van der Waals surface area contributed by atoms with E-state index < -0.39 is 9.84 Å². The molecule has 2 aromatic carbocycles. The van der Waals surface area contributed by atoms with Crippen LogP contribution >= 0.6 is 12.2 Å². The van der Waals surface area contributed by atoms with Gasteiger partial charge in [-0.05, 0) is 31.2 Å². The molecule has 0 unspecified atom stereocenters. The van der Waals surface area contributed by atoms with Gasteiger partial charge in [-0.3, -0.25) is 0 Å². The molecule has 6 heteroatoms. The van der Waals surface area contributed by atoms with Gasteiger partial charge in [-0.1, -0.05) is 48.1 Å². The molecule has 0 saturated carbocycles. The molecule has 0 aliphatic heterocycles. The number of thiocarbonyl (C=S) groups is 1. The third kappa shape index (κ3) is 4.82. The normalized spacial score (nSPS) is 11.0. The fourth-order valence-corrected chi connectivity index (χ4v) is 3.03. The molecular formula is C16H17NO3S2. The summed E-state index contributed by atoms with van der Waals surface area (Å²) in [6.45, 7) is 2.05. The van der Waals surface area contributed by atoms with Crippen molar-refractivity contribution in [2.24, 2.45) is 0 Å². The summed E-state index contributed by atoms with van der Waals surface area (Å²) in [6, 6.07) is 15.9.